The first-order valence-corrected chi connectivity index (χ1v) is 13.8. The molecule has 1 unspecified atom stereocenters. The monoisotopic (exact) mass is 492 g/mol. The molecule has 0 aromatic heterocycles. The van der Waals surface area contributed by atoms with Gasteiger partial charge in [0, 0.05) is 75.8 Å². The Morgan fingerprint density at radius 3 is 2.62 bits per heavy atom. The Labute approximate surface area is 209 Å². The molecule has 1 aliphatic carbocycles. The summed E-state index contributed by atoms with van der Waals surface area (Å²) in [4.78, 5) is 19.2. The van der Waals surface area contributed by atoms with Crippen molar-refractivity contribution in [2.24, 2.45) is 11.3 Å². The number of dihydropyridines is 1. The molecule has 34 heavy (non-hydrogen) atoms. The lowest BCUT2D eigenvalue weighted by Crippen LogP contribution is -2.58. The Hall–Kier alpha value is -1.44. The summed E-state index contributed by atoms with van der Waals surface area (Å²) in [5.41, 5.74) is 1.71. The fourth-order valence-corrected chi connectivity index (χ4v) is 7.07. The summed E-state index contributed by atoms with van der Waals surface area (Å²) in [7, 11) is 0. The van der Waals surface area contributed by atoms with E-state index in [2.05, 4.69) is 21.2 Å². The molecule has 0 radical (unpaired) electrons. The van der Waals surface area contributed by atoms with Gasteiger partial charge in [0.25, 0.3) is 0 Å². The first-order chi connectivity index (χ1) is 16.6. The van der Waals surface area contributed by atoms with Gasteiger partial charge in [-0.05, 0) is 63.9 Å². The molecule has 0 bridgehead atoms. The van der Waals surface area contributed by atoms with E-state index >= 15 is 0 Å². The molecule has 4 heterocycles. The number of carbonyl (C=O) groups is 1. The summed E-state index contributed by atoms with van der Waals surface area (Å²) < 4.78 is 10.9. The third-order valence-electron chi connectivity index (χ3n) is 8.65. The van der Waals surface area contributed by atoms with Gasteiger partial charge in [0.05, 0.1) is 17.7 Å². The van der Waals surface area contributed by atoms with Gasteiger partial charge < -0.3 is 24.6 Å². The van der Waals surface area contributed by atoms with Gasteiger partial charge in [-0.3, -0.25) is 4.90 Å². The largest absolute Gasteiger partial charge is 0.450 e. The Balaban J connectivity index is 1.15. The molecule has 2 atom stereocenters. The molecular weight excluding hydrogens is 452 g/mol. The number of nitrogens with zero attached hydrogens (tertiary/aromatic N) is 3. The van der Waals surface area contributed by atoms with Crippen LogP contribution in [0.5, 0.6) is 0 Å². The molecule has 5 aliphatic rings. The van der Waals surface area contributed by atoms with Crippen LogP contribution in [-0.2, 0) is 9.47 Å². The van der Waals surface area contributed by atoms with Gasteiger partial charge in [-0.1, -0.05) is 11.6 Å². The van der Waals surface area contributed by atoms with Crippen LogP contribution >= 0.6 is 11.6 Å². The molecule has 1 saturated carbocycles. The van der Waals surface area contributed by atoms with Crippen LogP contribution in [0.25, 0.3) is 0 Å². The fourth-order valence-electron chi connectivity index (χ4n) is 6.90. The minimum Gasteiger partial charge on any atom is -0.450 e. The lowest BCUT2D eigenvalue weighted by atomic mass is 9.78. The summed E-state index contributed by atoms with van der Waals surface area (Å²) in [6.45, 7) is 10.2. The maximum atomic E-state index is 12.0. The molecule has 0 aromatic rings. The van der Waals surface area contributed by atoms with E-state index in [1.807, 2.05) is 18.0 Å². The van der Waals surface area contributed by atoms with Gasteiger partial charge in [0.2, 0.25) is 0 Å². The van der Waals surface area contributed by atoms with Crippen LogP contribution in [0.2, 0.25) is 0 Å². The predicted octanol–water partition coefficient (Wildman–Crippen LogP) is 3.76. The third-order valence-corrected chi connectivity index (χ3v) is 8.87. The second kappa shape index (κ2) is 10.7. The number of amides is 1. The van der Waals surface area contributed by atoms with Crippen LogP contribution in [0.4, 0.5) is 4.79 Å². The molecule has 1 amide bonds. The highest BCUT2D eigenvalue weighted by Crippen LogP contribution is 2.47. The van der Waals surface area contributed by atoms with Crippen LogP contribution in [-0.4, -0.2) is 92.0 Å². The van der Waals surface area contributed by atoms with E-state index in [0.717, 1.165) is 70.4 Å². The van der Waals surface area contributed by atoms with Gasteiger partial charge in [-0.2, -0.15) is 0 Å². The van der Waals surface area contributed by atoms with Crippen molar-refractivity contribution in [2.75, 3.05) is 59.1 Å². The van der Waals surface area contributed by atoms with E-state index in [0.29, 0.717) is 30.0 Å². The van der Waals surface area contributed by atoms with Gasteiger partial charge in [-0.25, -0.2) is 4.79 Å². The van der Waals surface area contributed by atoms with Crippen molar-refractivity contribution >= 4 is 17.7 Å². The van der Waals surface area contributed by atoms with Gasteiger partial charge in [-0.15, -0.1) is 0 Å². The van der Waals surface area contributed by atoms with Crippen molar-refractivity contribution in [2.45, 2.75) is 64.0 Å². The van der Waals surface area contributed by atoms with E-state index in [1.54, 1.807) is 0 Å². The number of hydrogen-bond acceptors (Lipinski definition) is 6. The van der Waals surface area contributed by atoms with E-state index in [4.69, 9.17) is 21.1 Å². The SMILES string of the molecule is CCOC(=O)N1CC2(CC[C@@H](N3CCN(C4=CC(Cl)=CNC4C4CCCOCCC4)CC3)C2)C1. The minimum atomic E-state index is -0.140. The van der Waals surface area contributed by atoms with Gasteiger partial charge >= 0.3 is 6.09 Å². The number of likely N-dealkylation sites (tertiary alicyclic amines) is 1. The summed E-state index contributed by atoms with van der Waals surface area (Å²) in [6, 6.07) is 1.00. The first-order valence-electron chi connectivity index (χ1n) is 13.4. The molecule has 1 N–H and O–H groups in total. The molecule has 8 heteroatoms. The van der Waals surface area contributed by atoms with Crippen molar-refractivity contribution in [3.8, 4) is 0 Å². The standard InChI is InChI=1S/C26H41ClN4O3/c1-2-34-25(32)31-18-26(19-31)8-7-22(16-26)29-9-11-30(12-10-29)23-15-21(27)17-28-24(23)20-5-3-13-33-14-4-6-20/h15,17,20,22,24,28H,2-14,16,18-19H2,1H3/t22-,24?/m1/s1. The lowest BCUT2D eigenvalue weighted by Gasteiger charge is -2.48. The lowest BCUT2D eigenvalue weighted by molar-refractivity contribution is -0.00444. The fraction of sp³-hybridized carbons (Fsp3) is 0.808. The normalized spacial score (nSPS) is 30.6. The highest BCUT2D eigenvalue weighted by molar-refractivity contribution is 6.31. The highest BCUT2D eigenvalue weighted by atomic mass is 35.5. The molecule has 190 valence electrons. The minimum absolute atomic E-state index is 0.140. The molecular formula is C26H41ClN4O3. The van der Waals surface area contributed by atoms with Crippen molar-refractivity contribution < 1.29 is 14.3 Å². The number of piperazine rings is 1. The van der Waals surface area contributed by atoms with Crippen LogP contribution in [0.15, 0.2) is 23.0 Å². The van der Waals surface area contributed by atoms with Crippen molar-refractivity contribution in [1.29, 1.82) is 0 Å². The van der Waals surface area contributed by atoms with Gasteiger partial charge in [0.1, 0.15) is 0 Å². The predicted molar refractivity (Wildman–Crippen MR) is 134 cm³/mol. The molecule has 1 spiro atoms. The molecule has 4 fully saturated rings. The number of hydrogen-bond donors (Lipinski definition) is 1. The quantitative estimate of drug-likeness (QED) is 0.645. The van der Waals surface area contributed by atoms with Crippen LogP contribution in [0, 0.1) is 11.3 Å². The second-order valence-electron chi connectivity index (χ2n) is 10.9. The van der Waals surface area contributed by atoms with Crippen LogP contribution < -0.4 is 5.32 Å². The zero-order chi connectivity index (χ0) is 23.5. The summed E-state index contributed by atoms with van der Waals surface area (Å²) in [6.07, 6.45) is 12.4. The smallest absolute Gasteiger partial charge is 0.409 e. The van der Waals surface area contributed by atoms with Crippen LogP contribution in [0.1, 0.15) is 51.9 Å². The molecule has 5 rings (SSSR count). The topological polar surface area (TPSA) is 57.3 Å². The highest BCUT2D eigenvalue weighted by Gasteiger charge is 2.51. The number of nitrogens with one attached hydrogen (secondary N) is 1. The Morgan fingerprint density at radius 1 is 1.18 bits per heavy atom. The maximum absolute atomic E-state index is 12.0. The maximum Gasteiger partial charge on any atom is 0.409 e. The van der Waals surface area contributed by atoms with Crippen molar-refractivity contribution in [3.63, 3.8) is 0 Å². The number of carbonyl (C=O) groups excluding carboxylic acids is 1. The second-order valence-corrected chi connectivity index (χ2v) is 11.3. The van der Waals surface area contributed by atoms with Gasteiger partial charge in [0.15, 0.2) is 0 Å². The number of ether oxygens (including phenoxy) is 2. The number of allylic oxidation sites excluding steroid dienone is 2. The zero-order valence-corrected chi connectivity index (χ0v) is 21.4. The third kappa shape index (κ3) is 5.21. The summed E-state index contributed by atoms with van der Waals surface area (Å²) in [5, 5.41) is 4.45. The van der Waals surface area contributed by atoms with Crippen molar-refractivity contribution in [3.05, 3.63) is 23.0 Å². The number of halogens is 1. The average molecular weight is 493 g/mol. The zero-order valence-electron chi connectivity index (χ0n) is 20.6. The average Bonchev–Trinajstić information content (AvgIpc) is 3.25. The Bertz CT molecular complexity index is 781. The van der Waals surface area contributed by atoms with E-state index in [1.165, 1.54) is 37.8 Å². The Kier molecular flexibility index (Phi) is 7.61. The molecule has 4 aliphatic heterocycles. The number of rotatable bonds is 4. The first kappa shape index (κ1) is 24.3. The summed E-state index contributed by atoms with van der Waals surface area (Å²) in [5.74, 6) is 0.629. The molecule has 0 aromatic carbocycles. The van der Waals surface area contributed by atoms with Crippen LogP contribution in [0.3, 0.4) is 0 Å². The van der Waals surface area contributed by atoms with Crippen molar-refractivity contribution in [1.82, 2.24) is 20.0 Å². The molecule has 7 nitrogen and oxygen atoms in total. The summed E-state index contributed by atoms with van der Waals surface area (Å²) >= 11 is 6.46. The van der Waals surface area contributed by atoms with E-state index in [9.17, 15) is 4.79 Å². The van der Waals surface area contributed by atoms with E-state index < -0.39 is 0 Å². The van der Waals surface area contributed by atoms with E-state index in [-0.39, 0.29) is 6.09 Å². The molecule has 3 saturated heterocycles. The Morgan fingerprint density at radius 2 is 1.91 bits per heavy atom.